The van der Waals surface area contributed by atoms with Gasteiger partial charge in [-0.2, -0.15) is 0 Å². The first-order chi connectivity index (χ1) is 9.03. The molecule has 19 heavy (non-hydrogen) atoms. The molecular weight excluding hydrogens is 240 g/mol. The second-order valence-electron chi connectivity index (χ2n) is 5.05. The number of anilines is 1. The maximum Gasteiger partial charge on any atom is 0.146 e. The van der Waals surface area contributed by atoms with Crippen LogP contribution >= 0.6 is 0 Å². The fourth-order valence-electron chi connectivity index (χ4n) is 2.12. The summed E-state index contributed by atoms with van der Waals surface area (Å²) in [5.41, 5.74) is 7.93. The van der Waals surface area contributed by atoms with Gasteiger partial charge in [-0.3, -0.25) is 0 Å². The summed E-state index contributed by atoms with van der Waals surface area (Å²) in [6, 6.07) is 3.95. The molecule has 4 nitrogen and oxygen atoms in total. The Morgan fingerprint density at radius 1 is 1.26 bits per heavy atom. The molecule has 1 aromatic carbocycles. The van der Waals surface area contributed by atoms with Crippen LogP contribution in [0.4, 0.5) is 5.69 Å². The molecular formula is C15H26N2O2. The topological polar surface area (TPSA) is 47.7 Å². The monoisotopic (exact) mass is 266 g/mol. The molecule has 2 N–H and O–H groups in total. The zero-order valence-electron chi connectivity index (χ0n) is 12.7. The van der Waals surface area contributed by atoms with Crippen LogP contribution in [-0.2, 0) is 0 Å². The summed E-state index contributed by atoms with van der Waals surface area (Å²) in [4.78, 5) is 2.22. The minimum absolute atomic E-state index is 0.534. The van der Waals surface area contributed by atoms with Crippen LogP contribution in [0, 0.1) is 12.8 Å². The third-order valence-electron chi connectivity index (χ3n) is 3.44. The average Bonchev–Trinajstić information content (AvgIpc) is 2.42. The van der Waals surface area contributed by atoms with Crippen LogP contribution in [0.5, 0.6) is 11.5 Å². The van der Waals surface area contributed by atoms with Gasteiger partial charge in [0.1, 0.15) is 11.5 Å². The van der Waals surface area contributed by atoms with Gasteiger partial charge in [0.05, 0.1) is 19.9 Å². The van der Waals surface area contributed by atoms with Crippen LogP contribution in [0.25, 0.3) is 0 Å². The molecule has 0 radical (unpaired) electrons. The van der Waals surface area contributed by atoms with Gasteiger partial charge in [0.25, 0.3) is 0 Å². The second-order valence-corrected chi connectivity index (χ2v) is 5.05. The molecule has 108 valence electrons. The van der Waals surface area contributed by atoms with E-state index in [1.54, 1.807) is 14.2 Å². The van der Waals surface area contributed by atoms with Gasteiger partial charge in [0.2, 0.25) is 0 Å². The van der Waals surface area contributed by atoms with Crippen LogP contribution in [0.2, 0.25) is 0 Å². The van der Waals surface area contributed by atoms with Gasteiger partial charge in [-0.15, -0.1) is 0 Å². The van der Waals surface area contributed by atoms with Crippen molar-refractivity contribution in [3.63, 3.8) is 0 Å². The number of hydrogen-bond acceptors (Lipinski definition) is 4. The minimum Gasteiger partial charge on any atom is -0.497 e. The van der Waals surface area contributed by atoms with E-state index in [4.69, 9.17) is 15.2 Å². The summed E-state index contributed by atoms with van der Waals surface area (Å²) in [5, 5.41) is 0. The molecule has 0 saturated carbocycles. The van der Waals surface area contributed by atoms with E-state index < -0.39 is 0 Å². The van der Waals surface area contributed by atoms with E-state index in [2.05, 4.69) is 25.8 Å². The highest BCUT2D eigenvalue weighted by atomic mass is 16.5. The summed E-state index contributed by atoms with van der Waals surface area (Å²) >= 11 is 0. The van der Waals surface area contributed by atoms with Crippen LogP contribution < -0.4 is 20.1 Å². The first kappa shape index (κ1) is 15.6. The number of rotatable bonds is 7. The first-order valence-electron chi connectivity index (χ1n) is 6.67. The Bertz CT molecular complexity index is 407. The van der Waals surface area contributed by atoms with E-state index in [0.29, 0.717) is 5.92 Å². The van der Waals surface area contributed by atoms with Crippen molar-refractivity contribution in [2.75, 3.05) is 39.3 Å². The molecule has 0 aliphatic rings. The van der Waals surface area contributed by atoms with E-state index in [-0.39, 0.29) is 0 Å². The normalized spacial score (nSPS) is 12.1. The van der Waals surface area contributed by atoms with Crippen molar-refractivity contribution < 1.29 is 9.47 Å². The quantitative estimate of drug-likeness (QED) is 0.823. The molecule has 1 aromatic rings. The summed E-state index contributed by atoms with van der Waals surface area (Å²) in [5.74, 6) is 2.20. The van der Waals surface area contributed by atoms with Gasteiger partial charge in [-0.1, -0.05) is 6.92 Å². The standard InChI is InChI=1S/C15H26N2O2/c1-11(10-16)6-7-17(3)15-12(2)8-13(18-4)9-14(15)19-5/h8-9,11H,6-7,10,16H2,1-5H3. The molecule has 0 aromatic heterocycles. The molecule has 0 spiro atoms. The van der Waals surface area contributed by atoms with Crippen LogP contribution in [0.1, 0.15) is 18.9 Å². The number of aryl methyl sites for hydroxylation is 1. The first-order valence-corrected chi connectivity index (χ1v) is 6.67. The van der Waals surface area contributed by atoms with Crippen molar-refractivity contribution in [1.82, 2.24) is 0 Å². The highest BCUT2D eigenvalue weighted by Gasteiger charge is 2.14. The number of methoxy groups -OCH3 is 2. The molecule has 0 saturated heterocycles. The lowest BCUT2D eigenvalue weighted by molar-refractivity contribution is 0.393. The van der Waals surface area contributed by atoms with Crippen molar-refractivity contribution in [2.45, 2.75) is 20.3 Å². The minimum atomic E-state index is 0.534. The third-order valence-corrected chi connectivity index (χ3v) is 3.44. The number of nitrogens with zero attached hydrogens (tertiary/aromatic N) is 1. The summed E-state index contributed by atoms with van der Waals surface area (Å²) in [6.07, 6.45) is 1.07. The molecule has 0 heterocycles. The molecule has 0 bridgehead atoms. The maximum atomic E-state index is 5.66. The second kappa shape index (κ2) is 7.24. The number of hydrogen-bond donors (Lipinski definition) is 1. The molecule has 0 fully saturated rings. The van der Waals surface area contributed by atoms with Crippen molar-refractivity contribution in [3.8, 4) is 11.5 Å². The highest BCUT2D eigenvalue weighted by Crippen LogP contribution is 2.35. The van der Waals surface area contributed by atoms with Crippen LogP contribution in [0.3, 0.4) is 0 Å². The molecule has 0 amide bonds. The summed E-state index contributed by atoms with van der Waals surface area (Å²) < 4.78 is 10.7. The fraction of sp³-hybridized carbons (Fsp3) is 0.600. The molecule has 1 atom stereocenters. The van der Waals surface area contributed by atoms with E-state index in [1.165, 1.54) is 0 Å². The number of ether oxygens (including phenoxy) is 2. The Kier molecular flexibility index (Phi) is 5.96. The Balaban J connectivity index is 2.92. The van der Waals surface area contributed by atoms with E-state index in [9.17, 15) is 0 Å². The zero-order chi connectivity index (χ0) is 14.4. The Labute approximate surface area is 116 Å². The Hall–Kier alpha value is -1.42. The van der Waals surface area contributed by atoms with Crippen LogP contribution in [0.15, 0.2) is 12.1 Å². The van der Waals surface area contributed by atoms with Gasteiger partial charge < -0.3 is 20.1 Å². The Morgan fingerprint density at radius 2 is 1.95 bits per heavy atom. The Morgan fingerprint density at radius 3 is 2.47 bits per heavy atom. The number of nitrogens with two attached hydrogens (primary N) is 1. The lowest BCUT2D eigenvalue weighted by Gasteiger charge is -2.25. The smallest absolute Gasteiger partial charge is 0.146 e. The molecule has 4 heteroatoms. The lowest BCUT2D eigenvalue weighted by Crippen LogP contribution is -2.24. The maximum absolute atomic E-state index is 5.66. The van der Waals surface area contributed by atoms with Gasteiger partial charge in [0.15, 0.2) is 0 Å². The van der Waals surface area contributed by atoms with Gasteiger partial charge in [0, 0.05) is 19.7 Å². The predicted molar refractivity (Wildman–Crippen MR) is 80.4 cm³/mol. The average molecular weight is 266 g/mol. The summed E-state index contributed by atoms with van der Waals surface area (Å²) in [6.45, 7) is 5.93. The third kappa shape index (κ3) is 4.03. The summed E-state index contributed by atoms with van der Waals surface area (Å²) in [7, 11) is 5.44. The number of benzene rings is 1. The van der Waals surface area contributed by atoms with Crippen molar-refractivity contribution in [1.29, 1.82) is 0 Å². The SMILES string of the molecule is COc1cc(C)c(N(C)CCC(C)CN)c(OC)c1. The van der Waals surface area contributed by atoms with E-state index in [1.807, 2.05) is 12.1 Å². The molecule has 1 rings (SSSR count). The highest BCUT2D eigenvalue weighted by molar-refractivity contribution is 5.65. The molecule has 1 unspecified atom stereocenters. The van der Waals surface area contributed by atoms with Crippen molar-refractivity contribution in [2.24, 2.45) is 11.7 Å². The zero-order valence-corrected chi connectivity index (χ0v) is 12.7. The van der Waals surface area contributed by atoms with Gasteiger partial charge in [-0.25, -0.2) is 0 Å². The fourth-order valence-corrected chi connectivity index (χ4v) is 2.12. The van der Waals surface area contributed by atoms with Crippen molar-refractivity contribution >= 4 is 5.69 Å². The lowest BCUT2D eigenvalue weighted by atomic mass is 10.1. The largest absolute Gasteiger partial charge is 0.497 e. The van der Waals surface area contributed by atoms with Gasteiger partial charge in [-0.05, 0) is 37.4 Å². The van der Waals surface area contributed by atoms with E-state index in [0.717, 1.165) is 42.3 Å². The molecule has 0 aliphatic heterocycles. The van der Waals surface area contributed by atoms with E-state index >= 15 is 0 Å². The van der Waals surface area contributed by atoms with Crippen LogP contribution in [-0.4, -0.2) is 34.4 Å². The van der Waals surface area contributed by atoms with Gasteiger partial charge >= 0.3 is 0 Å². The predicted octanol–water partition coefficient (Wildman–Crippen LogP) is 2.43. The van der Waals surface area contributed by atoms with Crippen molar-refractivity contribution in [3.05, 3.63) is 17.7 Å². The molecule has 0 aliphatic carbocycles.